The number of carbonyl (C=O) groups excluding carboxylic acids is 1. The summed E-state index contributed by atoms with van der Waals surface area (Å²) in [6.45, 7) is 2.98. The van der Waals surface area contributed by atoms with Gasteiger partial charge in [0.25, 0.3) is 0 Å². The maximum atomic E-state index is 12.4. The van der Waals surface area contributed by atoms with Gasteiger partial charge in [-0.25, -0.2) is 0 Å². The van der Waals surface area contributed by atoms with Crippen LogP contribution < -0.4 is 19.5 Å². The van der Waals surface area contributed by atoms with E-state index in [1.807, 2.05) is 43.3 Å². The van der Waals surface area contributed by atoms with Gasteiger partial charge in [0, 0.05) is 17.5 Å². The third kappa shape index (κ3) is 4.60. The molecular formula is C19H21NO4S. The van der Waals surface area contributed by atoms with Crippen molar-refractivity contribution in [2.24, 2.45) is 0 Å². The second-order valence-electron chi connectivity index (χ2n) is 5.65. The van der Waals surface area contributed by atoms with E-state index in [0.717, 1.165) is 17.1 Å². The van der Waals surface area contributed by atoms with Gasteiger partial charge in [-0.2, -0.15) is 0 Å². The average Bonchev–Trinajstić information content (AvgIpc) is 2.66. The van der Waals surface area contributed by atoms with Crippen LogP contribution in [-0.4, -0.2) is 31.5 Å². The van der Waals surface area contributed by atoms with Gasteiger partial charge in [0.1, 0.15) is 19.0 Å². The molecule has 2 aromatic carbocycles. The minimum absolute atomic E-state index is 0.0374. The van der Waals surface area contributed by atoms with E-state index in [2.05, 4.69) is 5.32 Å². The first-order valence-electron chi connectivity index (χ1n) is 8.11. The molecule has 2 aromatic rings. The van der Waals surface area contributed by atoms with Crippen LogP contribution in [0.1, 0.15) is 12.5 Å². The van der Waals surface area contributed by atoms with Crippen molar-refractivity contribution in [1.82, 2.24) is 0 Å². The summed E-state index contributed by atoms with van der Waals surface area (Å²) in [7, 11) is 1.65. The Balaban J connectivity index is 1.55. The number of ether oxygens (including phenoxy) is 3. The van der Waals surface area contributed by atoms with Gasteiger partial charge in [-0.05, 0) is 36.8 Å². The van der Waals surface area contributed by atoms with Crippen molar-refractivity contribution in [2.75, 3.05) is 25.6 Å². The monoisotopic (exact) mass is 359 g/mol. The summed E-state index contributed by atoms with van der Waals surface area (Å²) >= 11 is 1.58. The zero-order chi connectivity index (χ0) is 17.6. The average molecular weight is 359 g/mol. The van der Waals surface area contributed by atoms with Gasteiger partial charge in [-0.15, -0.1) is 11.8 Å². The summed E-state index contributed by atoms with van der Waals surface area (Å²) in [5, 5.41) is 2.75. The van der Waals surface area contributed by atoms with E-state index in [1.165, 1.54) is 0 Å². The van der Waals surface area contributed by atoms with Crippen LogP contribution in [0.3, 0.4) is 0 Å². The van der Waals surface area contributed by atoms with Gasteiger partial charge < -0.3 is 19.5 Å². The van der Waals surface area contributed by atoms with Gasteiger partial charge in [-0.1, -0.05) is 12.1 Å². The lowest BCUT2D eigenvalue weighted by Crippen LogP contribution is -2.23. The first-order valence-corrected chi connectivity index (χ1v) is 9.15. The SMILES string of the molecule is COc1cccc(CSC(C)C(=O)Nc2ccc3c(c2)OCCO3)c1. The molecule has 1 atom stereocenters. The summed E-state index contributed by atoms with van der Waals surface area (Å²) in [5.74, 6) is 2.91. The van der Waals surface area contributed by atoms with E-state index in [0.29, 0.717) is 30.4 Å². The highest BCUT2D eigenvalue weighted by molar-refractivity contribution is 7.99. The lowest BCUT2D eigenvalue weighted by molar-refractivity contribution is -0.115. The molecule has 25 heavy (non-hydrogen) atoms. The molecule has 0 saturated heterocycles. The third-order valence-electron chi connectivity index (χ3n) is 3.81. The van der Waals surface area contributed by atoms with E-state index in [9.17, 15) is 4.79 Å². The van der Waals surface area contributed by atoms with Crippen LogP contribution in [0.5, 0.6) is 17.2 Å². The Morgan fingerprint density at radius 3 is 2.80 bits per heavy atom. The number of hydrogen-bond acceptors (Lipinski definition) is 5. The summed E-state index contributed by atoms with van der Waals surface area (Å²) in [6, 6.07) is 13.3. The van der Waals surface area contributed by atoms with Crippen LogP contribution in [0.25, 0.3) is 0 Å². The molecule has 3 rings (SSSR count). The number of anilines is 1. The Labute approximate surface area is 151 Å². The van der Waals surface area contributed by atoms with Crippen molar-refractivity contribution >= 4 is 23.4 Å². The number of methoxy groups -OCH3 is 1. The smallest absolute Gasteiger partial charge is 0.237 e. The molecule has 5 nitrogen and oxygen atoms in total. The van der Waals surface area contributed by atoms with Crippen LogP contribution in [0, 0.1) is 0 Å². The zero-order valence-electron chi connectivity index (χ0n) is 14.3. The first kappa shape index (κ1) is 17.5. The van der Waals surface area contributed by atoms with E-state index < -0.39 is 0 Å². The van der Waals surface area contributed by atoms with E-state index in [-0.39, 0.29) is 11.2 Å². The molecular weight excluding hydrogens is 338 g/mol. The van der Waals surface area contributed by atoms with Crippen LogP contribution in [0.2, 0.25) is 0 Å². The van der Waals surface area contributed by atoms with Crippen LogP contribution in [-0.2, 0) is 10.5 Å². The van der Waals surface area contributed by atoms with Crippen LogP contribution in [0.15, 0.2) is 42.5 Å². The maximum absolute atomic E-state index is 12.4. The number of hydrogen-bond donors (Lipinski definition) is 1. The largest absolute Gasteiger partial charge is 0.497 e. The van der Waals surface area contributed by atoms with Crippen molar-refractivity contribution in [2.45, 2.75) is 17.9 Å². The standard InChI is InChI=1S/C19H21NO4S/c1-13(25-12-14-4-3-5-16(10-14)22-2)19(21)20-15-6-7-17-18(11-15)24-9-8-23-17/h3-7,10-11,13H,8-9,12H2,1-2H3,(H,20,21). The lowest BCUT2D eigenvalue weighted by atomic mass is 10.2. The molecule has 0 fully saturated rings. The fraction of sp³-hybridized carbons (Fsp3) is 0.316. The van der Waals surface area contributed by atoms with E-state index in [4.69, 9.17) is 14.2 Å². The number of fused-ring (bicyclic) bond motifs is 1. The highest BCUT2D eigenvalue weighted by atomic mass is 32.2. The predicted octanol–water partition coefficient (Wildman–Crippen LogP) is 3.73. The van der Waals surface area contributed by atoms with Gasteiger partial charge in [0.2, 0.25) is 5.91 Å². The number of thioether (sulfide) groups is 1. The zero-order valence-corrected chi connectivity index (χ0v) is 15.1. The predicted molar refractivity (Wildman–Crippen MR) is 99.8 cm³/mol. The number of rotatable bonds is 6. The van der Waals surface area contributed by atoms with Crippen LogP contribution in [0.4, 0.5) is 5.69 Å². The molecule has 0 bridgehead atoms. The maximum Gasteiger partial charge on any atom is 0.237 e. The molecule has 0 saturated carbocycles. The number of amides is 1. The Morgan fingerprint density at radius 1 is 1.20 bits per heavy atom. The van der Waals surface area contributed by atoms with Crippen molar-refractivity contribution < 1.29 is 19.0 Å². The molecule has 1 unspecified atom stereocenters. The minimum atomic E-state index is -0.181. The molecule has 0 aromatic heterocycles. The van der Waals surface area contributed by atoms with Gasteiger partial charge in [-0.3, -0.25) is 4.79 Å². The van der Waals surface area contributed by atoms with E-state index >= 15 is 0 Å². The summed E-state index contributed by atoms with van der Waals surface area (Å²) in [4.78, 5) is 12.4. The van der Waals surface area contributed by atoms with Crippen molar-refractivity contribution in [1.29, 1.82) is 0 Å². The Morgan fingerprint density at radius 2 is 2.00 bits per heavy atom. The lowest BCUT2D eigenvalue weighted by Gasteiger charge is -2.19. The quantitative estimate of drug-likeness (QED) is 0.852. The molecule has 1 N–H and O–H groups in total. The fourth-order valence-electron chi connectivity index (χ4n) is 2.42. The minimum Gasteiger partial charge on any atom is -0.497 e. The Kier molecular flexibility index (Phi) is 5.71. The molecule has 1 heterocycles. The van der Waals surface area contributed by atoms with Crippen molar-refractivity contribution in [3.05, 3.63) is 48.0 Å². The molecule has 6 heteroatoms. The molecule has 132 valence electrons. The Hall–Kier alpha value is -2.34. The number of carbonyl (C=O) groups is 1. The summed E-state index contributed by atoms with van der Waals surface area (Å²) in [5.41, 5.74) is 1.84. The van der Waals surface area contributed by atoms with E-state index in [1.54, 1.807) is 24.9 Å². The fourth-order valence-corrected chi connectivity index (χ4v) is 3.26. The Bertz CT molecular complexity index is 750. The normalized spacial score (nSPS) is 13.8. The van der Waals surface area contributed by atoms with Crippen molar-refractivity contribution in [3.8, 4) is 17.2 Å². The topological polar surface area (TPSA) is 56.8 Å². The number of benzene rings is 2. The molecule has 0 aliphatic carbocycles. The summed E-state index contributed by atoms with van der Waals surface area (Å²) < 4.78 is 16.2. The summed E-state index contributed by atoms with van der Waals surface area (Å²) in [6.07, 6.45) is 0. The third-order valence-corrected chi connectivity index (χ3v) is 5.03. The molecule has 1 amide bonds. The molecule has 1 aliphatic heterocycles. The highest BCUT2D eigenvalue weighted by Crippen LogP contribution is 2.33. The van der Waals surface area contributed by atoms with Crippen molar-refractivity contribution in [3.63, 3.8) is 0 Å². The molecule has 0 radical (unpaired) electrons. The van der Waals surface area contributed by atoms with Gasteiger partial charge in [0.05, 0.1) is 12.4 Å². The number of nitrogens with one attached hydrogen (secondary N) is 1. The second kappa shape index (κ2) is 8.16. The highest BCUT2D eigenvalue weighted by Gasteiger charge is 2.16. The molecule has 1 aliphatic rings. The second-order valence-corrected chi connectivity index (χ2v) is 6.98. The van der Waals surface area contributed by atoms with Crippen LogP contribution >= 0.6 is 11.8 Å². The first-order chi connectivity index (χ1) is 12.2. The van der Waals surface area contributed by atoms with Gasteiger partial charge >= 0.3 is 0 Å². The van der Waals surface area contributed by atoms with Gasteiger partial charge in [0.15, 0.2) is 11.5 Å². The molecule has 0 spiro atoms.